The molecule has 0 bridgehead atoms. The quantitative estimate of drug-likeness (QED) is 0.703. The third kappa shape index (κ3) is 2.73. The normalized spacial score (nSPS) is 23.5. The Morgan fingerprint density at radius 1 is 1.64 bits per heavy atom. The fourth-order valence-corrected chi connectivity index (χ4v) is 1.93. The van der Waals surface area contributed by atoms with Gasteiger partial charge in [0.2, 0.25) is 0 Å². The smallest absolute Gasteiger partial charge is 0.156 e. The van der Waals surface area contributed by atoms with E-state index >= 15 is 0 Å². The van der Waals surface area contributed by atoms with E-state index in [0.717, 1.165) is 23.5 Å². The number of hydrogen-bond donors (Lipinski definition) is 1. The maximum absolute atomic E-state index is 4.39. The Balaban J connectivity index is 2.17. The van der Waals surface area contributed by atoms with Crippen molar-refractivity contribution in [3.05, 3.63) is 0 Å². The van der Waals surface area contributed by atoms with E-state index in [0.29, 0.717) is 0 Å². The van der Waals surface area contributed by atoms with Crippen LogP contribution in [0.1, 0.15) is 26.7 Å². The van der Waals surface area contributed by atoms with Crippen LogP contribution in [-0.4, -0.2) is 23.5 Å². The Morgan fingerprint density at radius 2 is 2.45 bits per heavy atom. The van der Waals surface area contributed by atoms with Gasteiger partial charge in [-0.15, -0.1) is 0 Å². The highest BCUT2D eigenvalue weighted by Crippen LogP contribution is 2.21. The molecule has 1 aliphatic heterocycles. The molecule has 0 amide bonds. The summed E-state index contributed by atoms with van der Waals surface area (Å²) in [6, 6.07) is 0. The number of nitrogens with one attached hydrogen (secondary N) is 1. The van der Waals surface area contributed by atoms with Gasteiger partial charge in [0.25, 0.3) is 0 Å². The van der Waals surface area contributed by atoms with Crippen molar-refractivity contribution in [2.24, 2.45) is 4.99 Å². The molecule has 1 unspecified atom stereocenters. The zero-order valence-corrected chi connectivity index (χ0v) is 8.08. The first-order valence-electron chi connectivity index (χ1n) is 4.31. The molecule has 0 fully saturated rings. The second-order valence-electron chi connectivity index (χ2n) is 2.72. The van der Waals surface area contributed by atoms with E-state index in [9.17, 15) is 0 Å². The average Bonchev–Trinajstić information content (AvgIpc) is 2.48. The summed E-state index contributed by atoms with van der Waals surface area (Å²) in [7, 11) is 0. The maximum Gasteiger partial charge on any atom is 0.156 e. The first-order valence-corrected chi connectivity index (χ1v) is 5.19. The monoisotopic (exact) mass is 172 g/mol. The average molecular weight is 172 g/mol. The molecule has 0 aromatic heterocycles. The van der Waals surface area contributed by atoms with E-state index < -0.39 is 0 Å². The van der Waals surface area contributed by atoms with Gasteiger partial charge in [0.1, 0.15) is 0 Å². The summed E-state index contributed by atoms with van der Waals surface area (Å²) in [6.45, 7) is 6.45. The molecular weight excluding hydrogens is 156 g/mol. The minimum atomic E-state index is 0.731. The zero-order valence-electron chi connectivity index (χ0n) is 7.26. The van der Waals surface area contributed by atoms with E-state index in [1.165, 1.54) is 12.8 Å². The van der Waals surface area contributed by atoms with Gasteiger partial charge < -0.3 is 5.32 Å². The van der Waals surface area contributed by atoms with E-state index in [-0.39, 0.29) is 0 Å². The van der Waals surface area contributed by atoms with Crippen LogP contribution >= 0.6 is 11.8 Å². The lowest BCUT2D eigenvalue weighted by Crippen LogP contribution is -2.19. The van der Waals surface area contributed by atoms with Crippen LogP contribution in [0.25, 0.3) is 0 Å². The van der Waals surface area contributed by atoms with Crippen LogP contribution in [-0.2, 0) is 0 Å². The second kappa shape index (κ2) is 4.65. The van der Waals surface area contributed by atoms with Gasteiger partial charge in [-0.25, -0.2) is 0 Å². The number of aliphatic imine (C=N–C) groups is 1. The van der Waals surface area contributed by atoms with Crippen molar-refractivity contribution in [2.45, 2.75) is 31.9 Å². The molecule has 0 saturated carbocycles. The molecule has 1 atom stereocenters. The SMILES string of the molecule is CCCNC1=NCC(CC)S1. The maximum atomic E-state index is 4.39. The fourth-order valence-electron chi connectivity index (χ4n) is 0.959. The second-order valence-corrected chi connectivity index (χ2v) is 4.01. The molecule has 1 heterocycles. The summed E-state index contributed by atoms with van der Waals surface area (Å²) in [5, 5.41) is 5.19. The van der Waals surface area contributed by atoms with Gasteiger partial charge in [0.05, 0.1) is 6.54 Å². The number of hydrogen-bond acceptors (Lipinski definition) is 3. The highest BCUT2D eigenvalue weighted by molar-refractivity contribution is 8.14. The van der Waals surface area contributed by atoms with Crippen LogP contribution in [0.15, 0.2) is 4.99 Å². The molecule has 11 heavy (non-hydrogen) atoms. The molecule has 2 nitrogen and oxygen atoms in total. The number of rotatable bonds is 3. The van der Waals surface area contributed by atoms with E-state index in [1.54, 1.807) is 0 Å². The van der Waals surface area contributed by atoms with Crippen molar-refractivity contribution < 1.29 is 0 Å². The van der Waals surface area contributed by atoms with Crippen LogP contribution in [0.2, 0.25) is 0 Å². The van der Waals surface area contributed by atoms with Crippen molar-refractivity contribution in [1.29, 1.82) is 0 Å². The van der Waals surface area contributed by atoms with Crippen molar-refractivity contribution in [1.82, 2.24) is 5.32 Å². The first kappa shape index (κ1) is 8.91. The molecule has 1 N–H and O–H groups in total. The molecular formula is C8H16N2S. The van der Waals surface area contributed by atoms with Crippen LogP contribution in [0, 0.1) is 0 Å². The van der Waals surface area contributed by atoms with Crippen molar-refractivity contribution in [2.75, 3.05) is 13.1 Å². The summed E-state index contributed by atoms with van der Waals surface area (Å²) >= 11 is 1.89. The minimum Gasteiger partial charge on any atom is -0.365 e. The number of thioether (sulfide) groups is 1. The van der Waals surface area contributed by atoms with E-state index in [4.69, 9.17) is 0 Å². The Morgan fingerprint density at radius 3 is 3.00 bits per heavy atom. The summed E-state index contributed by atoms with van der Waals surface area (Å²) in [4.78, 5) is 4.39. The molecule has 64 valence electrons. The molecule has 0 saturated heterocycles. The Kier molecular flexibility index (Phi) is 3.77. The molecule has 0 aromatic rings. The van der Waals surface area contributed by atoms with Crippen molar-refractivity contribution >= 4 is 16.9 Å². The Hall–Kier alpha value is -0.180. The fraction of sp³-hybridized carbons (Fsp3) is 0.875. The first-order chi connectivity index (χ1) is 5.36. The Bertz CT molecular complexity index is 145. The zero-order chi connectivity index (χ0) is 8.10. The van der Waals surface area contributed by atoms with Crippen molar-refractivity contribution in [3.8, 4) is 0 Å². The summed E-state index contributed by atoms with van der Waals surface area (Å²) < 4.78 is 0. The molecule has 0 aromatic carbocycles. The number of nitrogens with zero attached hydrogens (tertiary/aromatic N) is 1. The largest absolute Gasteiger partial charge is 0.365 e. The lowest BCUT2D eigenvalue weighted by molar-refractivity contribution is 0.829. The van der Waals surface area contributed by atoms with Gasteiger partial charge in [0.15, 0.2) is 5.17 Å². The molecule has 1 aliphatic rings. The summed E-state index contributed by atoms with van der Waals surface area (Å²) in [5.74, 6) is 0. The van der Waals surface area contributed by atoms with Crippen LogP contribution in [0.5, 0.6) is 0 Å². The van der Waals surface area contributed by atoms with Crippen LogP contribution in [0.3, 0.4) is 0 Å². The van der Waals surface area contributed by atoms with E-state index in [1.807, 2.05) is 11.8 Å². The summed E-state index contributed by atoms with van der Waals surface area (Å²) in [6.07, 6.45) is 2.40. The van der Waals surface area contributed by atoms with Gasteiger partial charge in [0, 0.05) is 11.8 Å². The third-order valence-electron chi connectivity index (χ3n) is 1.70. The van der Waals surface area contributed by atoms with Gasteiger partial charge >= 0.3 is 0 Å². The van der Waals surface area contributed by atoms with Crippen LogP contribution < -0.4 is 5.32 Å². The highest BCUT2D eigenvalue weighted by atomic mass is 32.2. The molecule has 3 heteroatoms. The predicted octanol–water partition coefficient (Wildman–Crippen LogP) is 1.87. The van der Waals surface area contributed by atoms with Gasteiger partial charge in [-0.1, -0.05) is 25.6 Å². The molecule has 0 spiro atoms. The third-order valence-corrected chi connectivity index (χ3v) is 3.01. The molecule has 0 radical (unpaired) electrons. The molecule has 1 rings (SSSR count). The van der Waals surface area contributed by atoms with Gasteiger partial charge in [-0.2, -0.15) is 0 Å². The topological polar surface area (TPSA) is 24.4 Å². The van der Waals surface area contributed by atoms with Gasteiger partial charge in [-0.3, -0.25) is 4.99 Å². The van der Waals surface area contributed by atoms with Crippen molar-refractivity contribution in [3.63, 3.8) is 0 Å². The predicted molar refractivity (Wildman–Crippen MR) is 52.3 cm³/mol. The number of amidine groups is 1. The lowest BCUT2D eigenvalue weighted by Gasteiger charge is -2.04. The van der Waals surface area contributed by atoms with Gasteiger partial charge in [-0.05, 0) is 12.8 Å². The minimum absolute atomic E-state index is 0.731. The Labute approximate surface area is 72.9 Å². The lowest BCUT2D eigenvalue weighted by atomic mass is 10.3. The van der Waals surface area contributed by atoms with E-state index in [2.05, 4.69) is 24.2 Å². The standard InChI is InChI=1S/C8H16N2S/c1-3-5-9-8-10-6-7(4-2)11-8/h7H,3-6H2,1-2H3,(H,9,10). The van der Waals surface area contributed by atoms with Crippen LogP contribution in [0.4, 0.5) is 0 Å². The molecule has 0 aliphatic carbocycles. The summed E-state index contributed by atoms with van der Waals surface area (Å²) in [5.41, 5.74) is 0. The highest BCUT2D eigenvalue weighted by Gasteiger charge is 2.16.